The van der Waals surface area contributed by atoms with Crippen LogP contribution in [-0.2, 0) is 16.0 Å². The molecule has 0 aliphatic carbocycles. The molecule has 2 fully saturated rings. The van der Waals surface area contributed by atoms with Crippen LogP contribution >= 0.6 is 0 Å². The topological polar surface area (TPSA) is 109 Å². The molecule has 3 aliphatic heterocycles. The first-order chi connectivity index (χ1) is 19.6. The van der Waals surface area contributed by atoms with Crippen LogP contribution in [0.5, 0.6) is 11.5 Å². The number of imide groups is 1. The first-order valence-corrected chi connectivity index (χ1v) is 13.6. The normalized spacial score (nSPS) is 23.0. The Balaban J connectivity index is 1.36. The summed E-state index contributed by atoms with van der Waals surface area (Å²) in [4.78, 5) is 49.8. The molecule has 216 valence electrons. The third kappa shape index (κ3) is 4.55. The number of nitrogens with one attached hydrogen (secondary N) is 1. The summed E-state index contributed by atoms with van der Waals surface area (Å²) in [6.07, 6.45) is 0.175. The number of benzene rings is 2. The Morgan fingerprint density at radius 1 is 1.12 bits per heavy atom. The molecule has 2 aromatic carbocycles. The molecule has 3 aromatic rings. The van der Waals surface area contributed by atoms with Crippen LogP contribution in [-0.4, -0.2) is 99.0 Å². The maximum absolute atomic E-state index is 14.0. The average Bonchev–Trinajstić information content (AvgIpc) is 3.37. The lowest BCUT2D eigenvalue weighted by molar-refractivity contribution is -0.133. The molecule has 0 radical (unpaired) electrons. The highest BCUT2D eigenvalue weighted by molar-refractivity contribution is 6.08. The van der Waals surface area contributed by atoms with Crippen molar-refractivity contribution in [1.82, 2.24) is 24.6 Å². The van der Waals surface area contributed by atoms with Gasteiger partial charge in [0.2, 0.25) is 5.91 Å². The number of urea groups is 1. The monoisotopic (exact) mass is 567 g/mol. The van der Waals surface area contributed by atoms with Crippen LogP contribution in [0.3, 0.4) is 0 Å². The summed E-state index contributed by atoms with van der Waals surface area (Å²) in [5.74, 6) is -0.299. The molecule has 2 atom stereocenters. The van der Waals surface area contributed by atoms with Crippen molar-refractivity contribution < 1.29 is 33.0 Å². The zero-order valence-corrected chi connectivity index (χ0v) is 22.8. The molecule has 0 bridgehead atoms. The van der Waals surface area contributed by atoms with E-state index in [1.54, 1.807) is 47.9 Å². The molecule has 0 spiro atoms. The van der Waals surface area contributed by atoms with E-state index < -0.39 is 24.2 Å². The van der Waals surface area contributed by atoms with Crippen molar-refractivity contribution in [3.8, 4) is 11.5 Å². The predicted octanol–water partition coefficient (Wildman–Crippen LogP) is 3.31. The predicted molar refractivity (Wildman–Crippen MR) is 145 cm³/mol. The van der Waals surface area contributed by atoms with Crippen molar-refractivity contribution >= 4 is 28.7 Å². The molecule has 2 saturated heterocycles. The number of H-pyrrole nitrogens is 1. The minimum Gasteiger partial charge on any atom is -0.508 e. The van der Waals surface area contributed by atoms with Crippen molar-refractivity contribution in [3.05, 3.63) is 59.3 Å². The average molecular weight is 568 g/mol. The molecule has 41 heavy (non-hydrogen) atoms. The molecule has 0 saturated carbocycles. The zero-order chi connectivity index (χ0) is 29.1. The van der Waals surface area contributed by atoms with Gasteiger partial charge >= 0.3 is 12.6 Å². The number of hydrogen-bond acceptors (Lipinski definition) is 6. The van der Waals surface area contributed by atoms with Gasteiger partial charge in [0.15, 0.2) is 0 Å². The molecule has 1 aromatic heterocycles. The van der Waals surface area contributed by atoms with Gasteiger partial charge in [0.05, 0.1) is 0 Å². The van der Waals surface area contributed by atoms with E-state index in [1.807, 2.05) is 0 Å². The van der Waals surface area contributed by atoms with E-state index in [0.29, 0.717) is 54.9 Å². The summed E-state index contributed by atoms with van der Waals surface area (Å²) in [5.41, 5.74) is 1.40. The fraction of sp³-hybridized carbons (Fsp3) is 0.414. The van der Waals surface area contributed by atoms with Crippen LogP contribution in [0.25, 0.3) is 10.9 Å². The van der Waals surface area contributed by atoms with Crippen LogP contribution in [0, 0.1) is 0 Å². The number of ether oxygens (including phenoxy) is 1. The lowest BCUT2D eigenvalue weighted by Crippen LogP contribution is -2.53. The highest BCUT2D eigenvalue weighted by Crippen LogP contribution is 2.49. The van der Waals surface area contributed by atoms with Gasteiger partial charge in [-0.3, -0.25) is 24.3 Å². The number of rotatable bonds is 6. The summed E-state index contributed by atoms with van der Waals surface area (Å²) in [5, 5.41) is 10.9. The Hall–Kier alpha value is -4.19. The second-order valence-electron chi connectivity index (χ2n) is 11.0. The van der Waals surface area contributed by atoms with Crippen molar-refractivity contribution in [2.24, 2.45) is 0 Å². The van der Waals surface area contributed by atoms with E-state index in [0.717, 1.165) is 5.56 Å². The number of halogens is 2. The molecule has 2 unspecified atom stereocenters. The summed E-state index contributed by atoms with van der Waals surface area (Å²) >= 11 is 0. The molecule has 2 N–H and O–H groups in total. The Morgan fingerprint density at radius 2 is 1.88 bits per heavy atom. The number of aromatic amines is 1. The minimum atomic E-state index is -2.98. The quantitative estimate of drug-likeness (QED) is 0.443. The van der Waals surface area contributed by atoms with Crippen molar-refractivity contribution in [2.45, 2.75) is 38.5 Å². The fourth-order valence-corrected chi connectivity index (χ4v) is 6.43. The van der Waals surface area contributed by atoms with Gasteiger partial charge in [-0.1, -0.05) is 12.1 Å². The fourth-order valence-electron chi connectivity index (χ4n) is 6.43. The Labute approximate surface area is 235 Å². The molecule has 3 aliphatic rings. The number of hydrogen-bond donors (Lipinski definition) is 2. The van der Waals surface area contributed by atoms with E-state index in [2.05, 4.69) is 14.6 Å². The molecular weight excluding hydrogens is 536 g/mol. The van der Waals surface area contributed by atoms with Gasteiger partial charge in [0.25, 0.3) is 5.91 Å². The van der Waals surface area contributed by atoms with Gasteiger partial charge < -0.3 is 19.7 Å². The van der Waals surface area contributed by atoms with E-state index in [-0.39, 0.29) is 36.3 Å². The number of fused-ring (bicyclic) bond motifs is 4. The molecule has 6 rings (SSSR count). The molecule has 10 nitrogen and oxygen atoms in total. The lowest BCUT2D eigenvalue weighted by atomic mass is 9.81. The van der Waals surface area contributed by atoms with E-state index >= 15 is 0 Å². The molecular formula is C29H31F2N5O5. The number of aromatic hydroxyl groups is 1. The van der Waals surface area contributed by atoms with Crippen molar-refractivity contribution in [2.75, 3.05) is 39.3 Å². The van der Waals surface area contributed by atoms with Gasteiger partial charge in [-0.25, -0.2) is 4.79 Å². The number of piperazine rings is 1. The number of carbonyl (C=O) groups excluding carboxylic acids is 3. The number of nitrogens with zero attached hydrogens (tertiary/aromatic N) is 4. The Morgan fingerprint density at radius 3 is 2.56 bits per heavy atom. The van der Waals surface area contributed by atoms with Crippen LogP contribution in [0.15, 0.2) is 42.5 Å². The van der Waals surface area contributed by atoms with Gasteiger partial charge in [-0.15, -0.1) is 0 Å². The van der Waals surface area contributed by atoms with Crippen LogP contribution < -0.4 is 4.74 Å². The van der Waals surface area contributed by atoms with E-state index in [9.17, 15) is 28.3 Å². The second-order valence-corrected chi connectivity index (χ2v) is 11.0. The molecule has 12 heteroatoms. The third-order valence-corrected chi connectivity index (χ3v) is 8.51. The van der Waals surface area contributed by atoms with Gasteiger partial charge in [0, 0.05) is 69.2 Å². The highest BCUT2D eigenvalue weighted by Gasteiger charge is 2.60. The van der Waals surface area contributed by atoms with Crippen LogP contribution in [0.1, 0.15) is 36.7 Å². The van der Waals surface area contributed by atoms with Crippen molar-refractivity contribution in [1.29, 1.82) is 0 Å². The van der Waals surface area contributed by atoms with Gasteiger partial charge in [0.1, 0.15) is 23.1 Å². The first-order valence-electron chi connectivity index (χ1n) is 13.6. The second kappa shape index (κ2) is 10.0. The largest absolute Gasteiger partial charge is 0.508 e. The smallest absolute Gasteiger partial charge is 0.387 e. The number of aromatic nitrogens is 1. The van der Waals surface area contributed by atoms with Crippen LogP contribution in [0.2, 0.25) is 0 Å². The van der Waals surface area contributed by atoms with Gasteiger partial charge in [-0.05, 0) is 48.4 Å². The van der Waals surface area contributed by atoms with Crippen LogP contribution in [0.4, 0.5) is 13.6 Å². The van der Waals surface area contributed by atoms with Gasteiger partial charge in [-0.2, -0.15) is 8.78 Å². The Bertz CT molecular complexity index is 1540. The summed E-state index contributed by atoms with van der Waals surface area (Å²) < 4.78 is 30.6. The number of alkyl halides is 2. The number of carbonyl (C=O) groups is 3. The zero-order valence-electron chi connectivity index (χ0n) is 22.8. The van der Waals surface area contributed by atoms with Crippen molar-refractivity contribution in [3.63, 3.8) is 0 Å². The number of phenolic OH excluding ortho intramolecular Hbond substituents is 1. The number of amides is 4. The summed E-state index contributed by atoms with van der Waals surface area (Å²) in [6, 6.07) is 9.99. The molecule has 4 amide bonds. The number of phenols is 1. The summed E-state index contributed by atoms with van der Waals surface area (Å²) in [7, 11) is 0. The highest BCUT2D eigenvalue weighted by atomic mass is 19.3. The SMILES string of the molecule is CC(=O)N1CCN(CCN2C(=O)N3C(c4cccc(O)c4)c4[nH]c5ccc(OC(F)F)cc5c4CC3(C)C2=O)CC1. The molecule has 4 heterocycles. The Kier molecular flexibility index (Phi) is 6.60. The van der Waals surface area contributed by atoms with E-state index in [4.69, 9.17) is 0 Å². The minimum absolute atomic E-state index is 0.00360. The summed E-state index contributed by atoms with van der Waals surface area (Å²) in [6.45, 7) is 3.47. The standard InChI is InChI=1S/C29H31F2N5O5/c1-17(37)34-11-8-33(9-12-34)10-13-35-26(39)29(2)16-22-21-15-20(41-27(30)31)6-7-23(21)32-24(22)25(36(29)28(35)40)18-4-3-5-19(38)14-18/h3-7,14-15,25,27,32,38H,8-13,16H2,1-2H3. The first kappa shape index (κ1) is 27.0. The van der Waals surface area contributed by atoms with E-state index in [1.165, 1.54) is 23.1 Å². The maximum atomic E-state index is 14.0. The third-order valence-electron chi connectivity index (χ3n) is 8.51. The maximum Gasteiger partial charge on any atom is 0.387 e. The lowest BCUT2D eigenvalue weighted by Gasteiger charge is -2.42.